The molecule has 1 aromatic rings. The van der Waals surface area contributed by atoms with Gasteiger partial charge in [-0.1, -0.05) is 0 Å². The number of hydrogen-bond acceptors (Lipinski definition) is 4. The molecule has 0 amide bonds. The molecular weight excluding hydrogens is 204 g/mol. The van der Waals surface area contributed by atoms with Gasteiger partial charge in [-0.25, -0.2) is 0 Å². The van der Waals surface area contributed by atoms with E-state index >= 15 is 0 Å². The Bertz CT molecular complexity index is 327. The molecule has 0 bridgehead atoms. The summed E-state index contributed by atoms with van der Waals surface area (Å²) in [5.74, 6) is 1.29. The maximum atomic E-state index is 5.51. The van der Waals surface area contributed by atoms with Gasteiger partial charge < -0.3 is 14.4 Å². The zero-order valence-corrected chi connectivity index (χ0v) is 10.5. The second-order valence-electron chi connectivity index (χ2n) is 3.72. The van der Waals surface area contributed by atoms with E-state index in [9.17, 15) is 0 Å². The first-order valence-electron chi connectivity index (χ1n) is 5.57. The average molecular weight is 224 g/mol. The highest BCUT2D eigenvalue weighted by atomic mass is 16.5. The second kappa shape index (κ2) is 6.33. The fourth-order valence-electron chi connectivity index (χ4n) is 1.40. The van der Waals surface area contributed by atoms with Gasteiger partial charge in [0.15, 0.2) is 0 Å². The van der Waals surface area contributed by atoms with Crippen molar-refractivity contribution in [3.05, 3.63) is 17.7 Å². The minimum Gasteiger partial charge on any atom is -0.478 e. The van der Waals surface area contributed by atoms with Crippen molar-refractivity contribution in [3.8, 4) is 11.8 Å². The van der Waals surface area contributed by atoms with Crippen LogP contribution in [0.2, 0.25) is 0 Å². The van der Waals surface area contributed by atoms with E-state index in [4.69, 9.17) is 9.47 Å². The van der Waals surface area contributed by atoms with Gasteiger partial charge in [-0.05, 0) is 34.0 Å². The Hall–Kier alpha value is -1.29. The van der Waals surface area contributed by atoms with Gasteiger partial charge >= 0.3 is 0 Å². The van der Waals surface area contributed by atoms with Gasteiger partial charge in [0.25, 0.3) is 0 Å². The van der Waals surface area contributed by atoms with Crippen molar-refractivity contribution in [2.45, 2.75) is 20.4 Å². The first-order valence-corrected chi connectivity index (χ1v) is 5.57. The van der Waals surface area contributed by atoms with Crippen LogP contribution in [0.15, 0.2) is 12.1 Å². The van der Waals surface area contributed by atoms with Crippen LogP contribution in [0.5, 0.6) is 11.8 Å². The zero-order chi connectivity index (χ0) is 12.0. The van der Waals surface area contributed by atoms with Gasteiger partial charge in [-0.15, -0.1) is 0 Å². The Balaban J connectivity index is 2.89. The third-order valence-corrected chi connectivity index (χ3v) is 1.97. The number of pyridine rings is 1. The van der Waals surface area contributed by atoms with Crippen molar-refractivity contribution in [2.75, 3.05) is 27.3 Å². The summed E-state index contributed by atoms with van der Waals surface area (Å²) in [4.78, 5) is 6.42. The van der Waals surface area contributed by atoms with E-state index in [0.29, 0.717) is 25.0 Å². The standard InChI is InChI=1S/C12H20N2O2/c1-5-15-11-8-7-10(9-14(3)4)12(13-11)16-6-2/h7-8H,5-6,9H2,1-4H3. The maximum Gasteiger partial charge on any atom is 0.221 e. The summed E-state index contributed by atoms with van der Waals surface area (Å²) < 4.78 is 10.9. The molecule has 90 valence electrons. The summed E-state index contributed by atoms with van der Waals surface area (Å²) in [5, 5.41) is 0. The van der Waals surface area contributed by atoms with Gasteiger partial charge in [-0.3, -0.25) is 0 Å². The van der Waals surface area contributed by atoms with Crippen LogP contribution < -0.4 is 9.47 Å². The lowest BCUT2D eigenvalue weighted by Gasteiger charge is -2.14. The number of nitrogens with zero attached hydrogens (tertiary/aromatic N) is 2. The van der Waals surface area contributed by atoms with Crippen molar-refractivity contribution in [3.63, 3.8) is 0 Å². The molecule has 4 nitrogen and oxygen atoms in total. The monoisotopic (exact) mass is 224 g/mol. The Kier molecular flexibility index (Phi) is 5.05. The van der Waals surface area contributed by atoms with E-state index in [2.05, 4.69) is 9.88 Å². The van der Waals surface area contributed by atoms with E-state index in [0.717, 1.165) is 12.1 Å². The van der Waals surface area contributed by atoms with Crippen LogP contribution in [-0.4, -0.2) is 37.2 Å². The van der Waals surface area contributed by atoms with Crippen molar-refractivity contribution < 1.29 is 9.47 Å². The average Bonchev–Trinajstić information content (AvgIpc) is 2.22. The number of hydrogen-bond donors (Lipinski definition) is 0. The van der Waals surface area contributed by atoms with E-state index in [1.165, 1.54) is 0 Å². The molecule has 0 unspecified atom stereocenters. The Labute approximate surface area is 97.2 Å². The Morgan fingerprint density at radius 3 is 2.38 bits per heavy atom. The van der Waals surface area contributed by atoms with Gasteiger partial charge in [0, 0.05) is 18.2 Å². The molecule has 0 atom stereocenters. The van der Waals surface area contributed by atoms with Crippen LogP contribution in [0.25, 0.3) is 0 Å². The first-order chi connectivity index (χ1) is 7.67. The summed E-state index contributed by atoms with van der Waals surface area (Å²) in [5.41, 5.74) is 1.08. The normalized spacial score (nSPS) is 10.6. The molecular formula is C12H20N2O2. The molecule has 16 heavy (non-hydrogen) atoms. The lowest BCUT2D eigenvalue weighted by atomic mass is 10.2. The summed E-state index contributed by atoms with van der Waals surface area (Å²) >= 11 is 0. The topological polar surface area (TPSA) is 34.6 Å². The highest BCUT2D eigenvalue weighted by molar-refractivity contribution is 5.30. The highest BCUT2D eigenvalue weighted by Gasteiger charge is 2.08. The van der Waals surface area contributed by atoms with E-state index in [-0.39, 0.29) is 0 Å². The van der Waals surface area contributed by atoms with Crippen molar-refractivity contribution in [1.82, 2.24) is 9.88 Å². The molecule has 0 aromatic carbocycles. The molecule has 1 heterocycles. The molecule has 0 saturated carbocycles. The van der Waals surface area contributed by atoms with Crippen LogP contribution in [-0.2, 0) is 6.54 Å². The van der Waals surface area contributed by atoms with Gasteiger partial charge in [0.1, 0.15) is 0 Å². The molecule has 0 saturated heterocycles. The predicted octanol–water partition coefficient (Wildman–Crippen LogP) is 1.94. The minimum atomic E-state index is 0.614. The highest BCUT2D eigenvalue weighted by Crippen LogP contribution is 2.21. The molecule has 0 aliphatic carbocycles. The third kappa shape index (κ3) is 3.70. The first kappa shape index (κ1) is 12.8. The largest absolute Gasteiger partial charge is 0.478 e. The smallest absolute Gasteiger partial charge is 0.221 e. The molecule has 0 fully saturated rings. The van der Waals surface area contributed by atoms with Crippen LogP contribution in [0.1, 0.15) is 19.4 Å². The van der Waals surface area contributed by atoms with Crippen LogP contribution in [0, 0.1) is 0 Å². The summed E-state index contributed by atoms with van der Waals surface area (Å²) in [7, 11) is 4.04. The molecule has 0 aliphatic rings. The third-order valence-electron chi connectivity index (χ3n) is 1.97. The second-order valence-corrected chi connectivity index (χ2v) is 3.72. The van der Waals surface area contributed by atoms with E-state index in [1.54, 1.807) is 0 Å². The van der Waals surface area contributed by atoms with Crippen molar-refractivity contribution >= 4 is 0 Å². The molecule has 0 aliphatic heterocycles. The van der Waals surface area contributed by atoms with E-state index in [1.807, 2.05) is 40.1 Å². The fraction of sp³-hybridized carbons (Fsp3) is 0.583. The number of ether oxygens (including phenoxy) is 2. The predicted molar refractivity (Wildman–Crippen MR) is 64.0 cm³/mol. The Morgan fingerprint density at radius 2 is 1.81 bits per heavy atom. The quantitative estimate of drug-likeness (QED) is 0.739. The van der Waals surface area contributed by atoms with Crippen molar-refractivity contribution in [2.24, 2.45) is 0 Å². The lowest BCUT2D eigenvalue weighted by Crippen LogP contribution is -2.13. The van der Waals surface area contributed by atoms with Gasteiger partial charge in [-0.2, -0.15) is 4.98 Å². The summed E-state index contributed by atoms with van der Waals surface area (Å²) in [6.07, 6.45) is 0. The Morgan fingerprint density at radius 1 is 1.12 bits per heavy atom. The van der Waals surface area contributed by atoms with Crippen molar-refractivity contribution in [1.29, 1.82) is 0 Å². The molecule has 1 rings (SSSR count). The minimum absolute atomic E-state index is 0.614. The zero-order valence-electron chi connectivity index (χ0n) is 10.5. The number of rotatable bonds is 6. The summed E-state index contributed by atoms with van der Waals surface area (Å²) in [6.45, 7) is 5.94. The van der Waals surface area contributed by atoms with E-state index < -0.39 is 0 Å². The molecule has 0 radical (unpaired) electrons. The fourth-order valence-corrected chi connectivity index (χ4v) is 1.40. The van der Waals surface area contributed by atoms with Crippen LogP contribution in [0.3, 0.4) is 0 Å². The molecule has 0 spiro atoms. The molecule has 1 aromatic heterocycles. The summed E-state index contributed by atoms with van der Waals surface area (Å²) in [6, 6.07) is 3.88. The molecule has 4 heteroatoms. The van der Waals surface area contributed by atoms with Gasteiger partial charge in [0.2, 0.25) is 11.8 Å². The SMILES string of the molecule is CCOc1ccc(CN(C)C)c(OCC)n1. The maximum absolute atomic E-state index is 5.51. The van der Waals surface area contributed by atoms with Gasteiger partial charge in [0.05, 0.1) is 13.2 Å². The van der Waals surface area contributed by atoms with Crippen LogP contribution in [0.4, 0.5) is 0 Å². The van der Waals surface area contributed by atoms with Crippen LogP contribution >= 0.6 is 0 Å². The number of aromatic nitrogens is 1. The lowest BCUT2D eigenvalue weighted by molar-refractivity contribution is 0.290. The molecule has 0 N–H and O–H groups in total.